The highest BCUT2D eigenvalue weighted by Crippen LogP contribution is 2.54. The lowest BCUT2D eigenvalue weighted by atomic mass is 9.91. The van der Waals surface area contributed by atoms with Crippen LogP contribution in [0.5, 0.6) is 23.0 Å². The summed E-state index contributed by atoms with van der Waals surface area (Å²) in [5.41, 5.74) is 4.83. The normalized spacial score (nSPS) is 13.2. The number of phosphoric acid groups is 2. The number of halogens is 1. The van der Waals surface area contributed by atoms with Gasteiger partial charge < -0.3 is 19.3 Å². The highest BCUT2D eigenvalue weighted by Gasteiger charge is 2.33. The van der Waals surface area contributed by atoms with Crippen molar-refractivity contribution < 1.29 is 46.5 Å². The van der Waals surface area contributed by atoms with E-state index in [1.807, 2.05) is 66.7 Å². The molecule has 13 heteroatoms. The van der Waals surface area contributed by atoms with Gasteiger partial charge in [0.25, 0.3) is 0 Å². The Kier molecular flexibility index (Phi) is 12.3. The molecule has 0 unspecified atom stereocenters. The lowest BCUT2D eigenvalue weighted by molar-refractivity contribution is 0.166. The van der Waals surface area contributed by atoms with Crippen LogP contribution in [-0.2, 0) is 52.9 Å². The number of fused-ring (bicyclic) bond motifs is 8. The fraction of sp³-hybridized carbons (Fsp3) is 0.333. The van der Waals surface area contributed by atoms with Crippen molar-refractivity contribution in [2.24, 2.45) is 0 Å². The van der Waals surface area contributed by atoms with E-state index in [9.17, 15) is 19.3 Å². The molecule has 4 aromatic carbocycles. The molecule has 4 aromatic rings. The topological polar surface area (TPSA) is 130 Å². The molecule has 0 radical (unpaired) electrons. The molecule has 262 valence electrons. The Morgan fingerprint density at radius 3 is 1.18 bits per heavy atom. The number of phosphoric ester groups is 2. The average Bonchev–Trinajstić information content (AvgIpc) is 3.04. The van der Waals surface area contributed by atoms with Gasteiger partial charge in [-0.15, -0.1) is 0 Å². The molecule has 5 rings (SSSR count). The number of hydrogen-bond donors (Lipinski definition) is 2. The molecule has 10 nitrogen and oxygen atoms in total. The monoisotopic (exact) mass is 774 g/mol. The molecule has 2 N–H and O–H groups in total. The summed E-state index contributed by atoms with van der Waals surface area (Å²) >= 11 is 3.59. The van der Waals surface area contributed by atoms with E-state index in [0.717, 1.165) is 4.47 Å². The third kappa shape index (κ3) is 8.78. The number of para-hydroxylation sites is 3. The first-order valence-corrected chi connectivity index (χ1v) is 19.9. The van der Waals surface area contributed by atoms with Crippen molar-refractivity contribution in [3.05, 3.63) is 116 Å². The van der Waals surface area contributed by atoms with Gasteiger partial charge in [-0.1, -0.05) is 70.5 Å². The number of phenols is 2. The molecule has 8 bridgehead atoms. The smallest absolute Gasteiger partial charge is 0.507 e. The van der Waals surface area contributed by atoms with E-state index in [1.54, 1.807) is 27.7 Å². The van der Waals surface area contributed by atoms with Crippen LogP contribution in [0.4, 0.5) is 0 Å². The molecule has 49 heavy (non-hydrogen) atoms. The summed E-state index contributed by atoms with van der Waals surface area (Å²) in [5.74, 6) is 0.675. The standard InChI is InChI=1S/C36H41BrO10P2/c1-5-42-48(40,43-6-2)46-35-26-14-10-15-27(35)20-28-16-11-17-29(36(28)47-49(41,44-7-3)45-8-4)21-31-23-32(37)22-30(34(31)39)19-25-13-9-12-24(18-26)33(25)38/h9-17,22-23,38-39H,5-8,18-21H2,1-4H3. The first-order chi connectivity index (χ1) is 23.5. The Balaban J connectivity index is 1.78. The van der Waals surface area contributed by atoms with Crippen molar-refractivity contribution >= 4 is 31.6 Å². The van der Waals surface area contributed by atoms with E-state index in [2.05, 4.69) is 15.9 Å². The lowest BCUT2D eigenvalue weighted by Gasteiger charge is -2.24. The molecule has 0 aliphatic heterocycles. The van der Waals surface area contributed by atoms with E-state index >= 15 is 0 Å². The molecule has 0 saturated carbocycles. The molecule has 0 saturated heterocycles. The Hall–Kier alpha value is -3.14. The zero-order valence-corrected chi connectivity index (χ0v) is 31.3. The summed E-state index contributed by atoms with van der Waals surface area (Å²) in [6.45, 7) is 7.14. The van der Waals surface area contributed by atoms with E-state index in [1.165, 1.54) is 0 Å². The summed E-state index contributed by atoms with van der Waals surface area (Å²) in [6, 6.07) is 20.1. The van der Waals surface area contributed by atoms with Gasteiger partial charge in [-0.3, -0.25) is 18.1 Å². The van der Waals surface area contributed by atoms with Gasteiger partial charge in [-0.25, -0.2) is 9.13 Å². The number of phenolic OH excluding ortho intramolecular Hbond substituents is 2. The van der Waals surface area contributed by atoms with Crippen LogP contribution in [0.2, 0.25) is 0 Å². The van der Waals surface area contributed by atoms with Gasteiger partial charge in [-0.2, -0.15) is 0 Å². The van der Waals surface area contributed by atoms with Crippen molar-refractivity contribution in [2.75, 3.05) is 26.4 Å². The molecule has 0 aromatic heterocycles. The van der Waals surface area contributed by atoms with Gasteiger partial charge >= 0.3 is 15.6 Å². The SMILES string of the molecule is CCOP(=O)(OCC)Oc1c2cccc1Cc1cccc(c1OP(=O)(OCC)OCC)Cc1cc(Br)cc(c1O)Cc1cccc(c1O)C2. The molecule has 1 aliphatic rings. The van der Waals surface area contributed by atoms with Crippen LogP contribution < -0.4 is 9.05 Å². The Bertz CT molecular complexity index is 1880. The van der Waals surface area contributed by atoms with Crippen LogP contribution in [0.15, 0.2) is 71.2 Å². The quantitative estimate of drug-likeness (QED) is 0.118. The Morgan fingerprint density at radius 1 is 0.531 bits per heavy atom. The summed E-state index contributed by atoms with van der Waals surface area (Å²) < 4.78 is 62.9. The largest absolute Gasteiger partial charge is 0.530 e. The van der Waals surface area contributed by atoms with Crippen LogP contribution in [0.3, 0.4) is 0 Å². The number of hydrogen-bond acceptors (Lipinski definition) is 10. The first kappa shape index (κ1) is 37.1. The van der Waals surface area contributed by atoms with Gasteiger partial charge in [0, 0.05) is 30.2 Å². The maximum atomic E-state index is 13.8. The lowest BCUT2D eigenvalue weighted by Crippen LogP contribution is -2.09. The maximum absolute atomic E-state index is 13.8. The predicted molar refractivity (Wildman–Crippen MR) is 191 cm³/mol. The fourth-order valence-corrected chi connectivity index (χ4v) is 8.93. The van der Waals surface area contributed by atoms with E-state index < -0.39 is 15.6 Å². The first-order valence-electron chi connectivity index (χ1n) is 16.2. The minimum absolute atomic E-state index is 0.0674. The Labute approximate surface area is 295 Å². The highest BCUT2D eigenvalue weighted by atomic mass is 79.9. The molecular weight excluding hydrogens is 734 g/mol. The number of benzene rings is 4. The Morgan fingerprint density at radius 2 is 0.816 bits per heavy atom. The zero-order chi connectivity index (χ0) is 35.2. The summed E-state index contributed by atoms with van der Waals surface area (Å²) in [6.07, 6.45) is 0.812. The molecule has 1 aliphatic carbocycles. The molecule has 0 fully saturated rings. The van der Waals surface area contributed by atoms with Gasteiger partial charge in [0.1, 0.15) is 23.0 Å². The molecule has 0 atom stereocenters. The highest BCUT2D eigenvalue weighted by molar-refractivity contribution is 9.10. The van der Waals surface area contributed by atoms with Crippen molar-refractivity contribution in [3.8, 4) is 23.0 Å². The summed E-state index contributed by atoms with van der Waals surface area (Å²) in [5, 5.41) is 23.1. The fourth-order valence-electron chi connectivity index (χ4n) is 5.84. The summed E-state index contributed by atoms with van der Waals surface area (Å²) in [4.78, 5) is 0. The molecule has 0 amide bonds. The van der Waals surface area contributed by atoms with Crippen LogP contribution >= 0.6 is 31.6 Å². The van der Waals surface area contributed by atoms with Gasteiger partial charge in [0.15, 0.2) is 0 Å². The van der Waals surface area contributed by atoms with Crippen LogP contribution in [-0.4, -0.2) is 36.6 Å². The number of rotatable bonds is 12. The predicted octanol–water partition coefficient (Wildman–Crippen LogP) is 9.66. The van der Waals surface area contributed by atoms with Crippen molar-refractivity contribution in [2.45, 2.75) is 53.4 Å². The van der Waals surface area contributed by atoms with E-state index in [-0.39, 0.29) is 75.1 Å². The van der Waals surface area contributed by atoms with Crippen molar-refractivity contribution in [1.82, 2.24) is 0 Å². The average molecular weight is 776 g/mol. The third-order valence-electron chi connectivity index (χ3n) is 7.87. The minimum Gasteiger partial charge on any atom is -0.507 e. The van der Waals surface area contributed by atoms with Crippen molar-refractivity contribution in [3.63, 3.8) is 0 Å². The van der Waals surface area contributed by atoms with E-state index in [0.29, 0.717) is 44.5 Å². The molecule has 0 spiro atoms. The second-order valence-electron chi connectivity index (χ2n) is 11.3. The van der Waals surface area contributed by atoms with Crippen LogP contribution in [0.1, 0.15) is 72.2 Å². The minimum atomic E-state index is -4.07. The third-order valence-corrected chi connectivity index (χ3v) is 11.4. The van der Waals surface area contributed by atoms with Gasteiger partial charge in [0.05, 0.1) is 26.4 Å². The molecule has 0 heterocycles. The zero-order valence-electron chi connectivity index (χ0n) is 27.9. The van der Waals surface area contributed by atoms with Crippen LogP contribution in [0.25, 0.3) is 0 Å². The second kappa shape index (κ2) is 16.3. The van der Waals surface area contributed by atoms with Gasteiger partial charge in [-0.05, 0) is 84.3 Å². The maximum Gasteiger partial charge on any atom is 0.530 e. The van der Waals surface area contributed by atoms with Gasteiger partial charge in [0.2, 0.25) is 0 Å². The molecular formula is C36H41BrO10P2. The summed E-state index contributed by atoms with van der Waals surface area (Å²) in [7, 11) is -8.13. The van der Waals surface area contributed by atoms with Crippen LogP contribution in [0, 0.1) is 0 Å². The second-order valence-corrected chi connectivity index (χ2v) is 15.4. The van der Waals surface area contributed by atoms with E-state index in [4.69, 9.17) is 27.1 Å². The van der Waals surface area contributed by atoms with Crippen molar-refractivity contribution in [1.29, 1.82) is 0 Å². The number of aromatic hydroxyl groups is 2.